The van der Waals surface area contributed by atoms with Crippen LogP contribution in [0.15, 0.2) is 29.2 Å². The molecule has 0 saturated carbocycles. The standard InChI is InChI=1S/C17H17N5O5/c1-9-6-10(15(24)26-2)4-5-11(9)8-22-13-12(7-18-22)19-16(20-14(13)23)21-17(25)27-3/h4-7H,8H2,1-3H3,(H2,19,20,21,23,25). The first-order chi connectivity index (χ1) is 12.9. The Hall–Kier alpha value is -3.69. The number of carbonyl (C=O) groups is 2. The number of benzene rings is 1. The van der Waals surface area contributed by atoms with Crippen LogP contribution in [0, 0.1) is 6.92 Å². The van der Waals surface area contributed by atoms with Crippen molar-refractivity contribution < 1.29 is 19.1 Å². The number of methoxy groups -OCH3 is 2. The van der Waals surface area contributed by atoms with Crippen LogP contribution in [0.3, 0.4) is 0 Å². The average Bonchev–Trinajstić information content (AvgIpc) is 3.05. The quantitative estimate of drug-likeness (QED) is 0.664. The number of ether oxygens (including phenoxy) is 2. The molecule has 2 aromatic heterocycles. The summed E-state index contributed by atoms with van der Waals surface area (Å²) in [6.07, 6.45) is 0.691. The van der Waals surface area contributed by atoms with Crippen molar-refractivity contribution in [3.05, 3.63) is 51.4 Å². The summed E-state index contributed by atoms with van der Waals surface area (Å²) in [4.78, 5) is 41.9. The van der Waals surface area contributed by atoms with Crippen LogP contribution in [0.5, 0.6) is 0 Å². The van der Waals surface area contributed by atoms with E-state index in [-0.39, 0.29) is 11.5 Å². The molecule has 140 valence electrons. The SMILES string of the molecule is COC(=O)Nc1nc2cnn(Cc3ccc(C(=O)OC)cc3C)c2c(=O)[nH]1. The van der Waals surface area contributed by atoms with Gasteiger partial charge in [-0.2, -0.15) is 5.10 Å². The Kier molecular flexibility index (Phi) is 4.88. The van der Waals surface area contributed by atoms with Crippen LogP contribution in [0.2, 0.25) is 0 Å². The lowest BCUT2D eigenvalue weighted by Crippen LogP contribution is -2.19. The van der Waals surface area contributed by atoms with Gasteiger partial charge in [-0.05, 0) is 30.2 Å². The van der Waals surface area contributed by atoms with Gasteiger partial charge in [0.1, 0.15) is 5.52 Å². The van der Waals surface area contributed by atoms with Gasteiger partial charge < -0.3 is 9.47 Å². The van der Waals surface area contributed by atoms with Crippen LogP contribution in [0.4, 0.5) is 10.7 Å². The minimum atomic E-state index is -0.744. The lowest BCUT2D eigenvalue weighted by atomic mass is 10.1. The van der Waals surface area contributed by atoms with E-state index in [0.717, 1.165) is 11.1 Å². The maximum absolute atomic E-state index is 12.4. The highest BCUT2D eigenvalue weighted by molar-refractivity contribution is 5.89. The molecule has 1 aromatic carbocycles. The van der Waals surface area contributed by atoms with Crippen molar-refractivity contribution in [3.8, 4) is 0 Å². The number of nitrogens with zero attached hydrogens (tertiary/aromatic N) is 3. The summed E-state index contributed by atoms with van der Waals surface area (Å²) >= 11 is 0. The molecule has 10 heteroatoms. The molecule has 2 N–H and O–H groups in total. The molecule has 0 spiro atoms. The highest BCUT2D eigenvalue weighted by atomic mass is 16.5. The molecule has 0 atom stereocenters. The van der Waals surface area contributed by atoms with Gasteiger partial charge >= 0.3 is 12.1 Å². The van der Waals surface area contributed by atoms with E-state index in [1.165, 1.54) is 25.1 Å². The zero-order valence-electron chi connectivity index (χ0n) is 14.9. The van der Waals surface area contributed by atoms with Gasteiger partial charge in [0.25, 0.3) is 5.56 Å². The zero-order chi connectivity index (χ0) is 19.6. The fraction of sp³-hybridized carbons (Fsp3) is 0.235. The van der Waals surface area contributed by atoms with Crippen molar-refractivity contribution in [1.82, 2.24) is 19.7 Å². The number of H-pyrrole nitrogens is 1. The first-order valence-electron chi connectivity index (χ1n) is 7.91. The Bertz CT molecular complexity index is 1080. The normalized spacial score (nSPS) is 10.6. The molecule has 0 aliphatic heterocycles. The number of amides is 1. The van der Waals surface area contributed by atoms with Gasteiger partial charge in [0.15, 0.2) is 5.52 Å². The number of esters is 1. The van der Waals surface area contributed by atoms with Crippen molar-refractivity contribution in [1.29, 1.82) is 0 Å². The van der Waals surface area contributed by atoms with Gasteiger partial charge in [-0.25, -0.2) is 14.6 Å². The minimum Gasteiger partial charge on any atom is -0.465 e. The first kappa shape index (κ1) is 18.1. The monoisotopic (exact) mass is 371 g/mol. The van der Waals surface area contributed by atoms with Gasteiger partial charge in [0.2, 0.25) is 5.95 Å². The van der Waals surface area contributed by atoms with Crippen LogP contribution >= 0.6 is 0 Å². The molecular weight excluding hydrogens is 354 g/mol. The third-order valence-corrected chi connectivity index (χ3v) is 3.99. The second-order valence-electron chi connectivity index (χ2n) is 5.70. The molecule has 27 heavy (non-hydrogen) atoms. The number of aryl methyl sites for hydroxylation is 1. The summed E-state index contributed by atoms with van der Waals surface area (Å²) < 4.78 is 10.7. The summed E-state index contributed by atoms with van der Waals surface area (Å²) in [5.41, 5.74) is 2.32. The van der Waals surface area contributed by atoms with Crippen molar-refractivity contribution in [3.63, 3.8) is 0 Å². The summed E-state index contributed by atoms with van der Waals surface area (Å²) in [6, 6.07) is 5.15. The smallest absolute Gasteiger partial charge is 0.413 e. The number of anilines is 1. The highest BCUT2D eigenvalue weighted by Crippen LogP contribution is 2.16. The number of hydrogen-bond donors (Lipinski definition) is 2. The van der Waals surface area contributed by atoms with Crippen molar-refractivity contribution >= 4 is 29.0 Å². The third-order valence-electron chi connectivity index (χ3n) is 3.99. The molecule has 0 aliphatic carbocycles. The lowest BCUT2D eigenvalue weighted by Gasteiger charge is -2.09. The lowest BCUT2D eigenvalue weighted by molar-refractivity contribution is 0.0600. The summed E-state index contributed by atoms with van der Waals surface area (Å²) in [5, 5.41) is 6.51. The molecule has 3 rings (SSSR count). The molecule has 3 aromatic rings. The first-order valence-corrected chi connectivity index (χ1v) is 7.91. The van der Waals surface area contributed by atoms with Crippen LogP contribution in [0.1, 0.15) is 21.5 Å². The Balaban J connectivity index is 1.93. The number of carbonyl (C=O) groups excluding carboxylic acids is 2. The fourth-order valence-corrected chi connectivity index (χ4v) is 2.61. The van der Waals surface area contributed by atoms with Gasteiger partial charge in [-0.1, -0.05) is 6.07 Å². The van der Waals surface area contributed by atoms with E-state index < -0.39 is 17.6 Å². The van der Waals surface area contributed by atoms with E-state index >= 15 is 0 Å². The van der Waals surface area contributed by atoms with Crippen molar-refractivity contribution in [2.45, 2.75) is 13.5 Å². The Morgan fingerprint density at radius 1 is 1.26 bits per heavy atom. The molecule has 0 bridgehead atoms. The molecule has 2 heterocycles. The minimum absolute atomic E-state index is 0.0301. The second kappa shape index (κ2) is 7.28. The van der Waals surface area contributed by atoms with Crippen LogP contribution < -0.4 is 10.9 Å². The molecular formula is C17H17N5O5. The molecule has 10 nitrogen and oxygen atoms in total. The number of hydrogen-bond acceptors (Lipinski definition) is 7. The second-order valence-corrected chi connectivity index (χ2v) is 5.70. The molecule has 0 fully saturated rings. The number of rotatable bonds is 4. The fourth-order valence-electron chi connectivity index (χ4n) is 2.61. The Morgan fingerprint density at radius 2 is 2.04 bits per heavy atom. The topological polar surface area (TPSA) is 128 Å². The van der Waals surface area contributed by atoms with Crippen molar-refractivity contribution in [2.24, 2.45) is 0 Å². The summed E-state index contributed by atoms with van der Waals surface area (Å²) in [5.74, 6) is -0.446. The average molecular weight is 371 g/mol. The molecule has 0 radical (unpaired) electrons. The number of fused-ring (bicyclic) bond motifs is 1. The summed E-state index contributed by atoms with van der Waals surface area (Å²) in [6.45, 7) is 2.17. The Labute approximate surface area is 153 Å². The molecule has 0 unspecified atom stereocenters. The van der Waals surface area contributed by atoms with E-state index in [9.17, 15) is 14.4 Å². The largest absolute Gasteiger partial charge is 0.465 e. The number of aromatic nitrogens is 4. The van der Waals surface area contributed by atoms with E-state index in [1.807, 2.05) is 6.92 Å². The van der Waals surface area contributed by atoms with Gasteiger partial charge in [-0.15, -0.1) is 0 Å². The third kappa shape index (κ3) is 3.64. The predicted octanol–water partition coefficient (Wildman–Crippen LogP) is 1.44. The van der Waals surface area contributed by atoms with Crippen molar-refractivity contribution in [2.75, 3.05) is 19.5 Å². The number of nitrogens with one attached hydrogen (secondary N) is 2. The maximum atomic E-state index is 12.4. The van der Waals surface area contributed by atoms with E-state index in [1.54, 1.807) is 18.2 Å². The molecule has 1 amide bonds. The van der Waals surface area contributed by atoms with Crippen LogP contribution in [-0.2, 0) is 16.0 Å². The predicted molar refractivity (Wildman–Crippen MR) is 95.8 cm³/mol. The molecule has 0 aliphatic rings. The highest BCUT2D eigenvalue weighted by Gasteiger charge is 2.14. The van der Waals surface area contributed by atoms with Crippen LogP contribution in [0.25, 0.3) is 11.0 Å². The van der Waals surface area contributed by atoms with E-state index in [2.05, 4.69) is 25.1 Å². The maximum Gasteiger partial charge on any atom is 0.413 e. The van der Waals surface area contributed by atoms with Gasteiger partial charge in [-0.3, -0.25) is 19.8 Å². The zero-order valence-corrected chi connectivity index (χ0v) is 14.9. The summed E-state index contributed by atoms with van der Waals surface area (Å²) in [7, 11) is 2.53. The van der Waals surface area contributed by atoms with Crippen LogP contribution in [-0.4, -0.2) is 46.0 Å². The van der Waals surface area contributed by atoms with Gasteiger partial charge in [0.05, 0.1) is 32.5 Å². The van der Waals surface area contributed by atoms with Gasteiger partial charge in [0, 0.05) is 0 Å². The van der Waals surface area contributed by atoms with E-state index in [4.69, 9.17) is 4.74 Å². The Morgan fingerprint density at radius 3 is 2.70 bits per heavy atom. The molecule has 0 saturated heterocycles. The number of aromatic amines is 1. The van der Waals surface area contributed by atoms with E-state index in [0.29, 0.717) is 17.6 Å².